The summed E-state index contributed by atoms with van der Waals surface area (Å²) >= 11 is 4.91. The third kappa shape index (κ3) is 2.52. The number of amides is 1. The van der Waals surface area contributed by atoms with Crippen molar-refractivity contribution in [2.75, 3.05) is 11.5 Å². The summed E-state index contributed by atoms with van der Waals surface area (Å²) in [4.78, 5) is 24.0. The van der Waals surface area contributed by atoms with Gasteiger partial charge in [-0.3, -0.25) is 4.79 Å². The van der Waals surface area contributed by atoms with Crippen LogP contribution in [0.25, 0.3) is 11.0 Å². The van der Waals surface area contributed by atoms with Crippen molar-refractivity contribution in [1.29, 1.82) is 0 Å². The van der Waals surface area contributed by atoms with E-state index in [1.165, 1.54) is 11.8 Å². The average Bonchev–Trinajstić information content (AvgIpc) is 3.06. The van der Waals surface area contributed by atoms with Crippen LogP contribution in [0.1, 0.15) is 22.5 Å². The van der Waals surface area contributed by atoms with Crippen LogP contribution in [-0.2, 0) is 4.79 Å². The molecule has 0 unspecified atom stereocenters. The lowest BCUT2D eigenvalue weighted by molar-refractivity contribution is -0.143. The standard InChI is InChI=1S/C15H14BrNO4S/c1-8-10-6-9(16)2-3-11(10)21-12(8)13(18)17-15(14(19)20)4-5-22-7-15/h2-3,6H,4-5,7H2,1H3,(H,17,18)(H,19,20)/t15-/m0/s1. The normalized spacial score (nSPS) is 21.2. The van der Waals surface area contributed by atoms with Gasteiger partial charge in [0.25, 0.3) is 5.91 Å². The summed E-state index contributed by atoms with van der Waals surface area (Å²) in [5, 5.41) is 12.9. The summed E-state index contributed by atoms with van der Waals surface area (Å²) in [6.45, 7) is 1.80. The number of carbonyl (C=O) groups is 2. The highest BCUT2D eigenvalue weighted by atomic mass is 79.9. The Morgan fingerprint density at radius 2 is 2.23 bits per heavy atom. The maximum absolute atomic E-state index is 12.5. The Kier molecular flexibility index (Phi) is 3.94. The van der Waals surface area contributed by atoms with E-state index in [0.29, 0.717) is 23.3 Å². The summed E-state index contributed by atoms with van der Waals surface area (Å²) in [6.07, 6.45) is 0.420. The van der Waals surface area contributed by atoms with Crippen LogP contribution in [0.2, 0.25) is 0 Å². The molecule has 2 aromatic rings. The van der Waals surface area contributed by atoms with Crippen molar-refractivity contribution >= 4 is 50.5 Å². The molecule has 1 atom stereocenters. The van der Waals surface area contributed by atoms with Crippen LogP contribution in [0, 0.1) is 6.92 Å². The van der Waals surface area contributed by atoms with Gasteiger partial charge in [0, 0.05) is 21.2 Å². The molecule has 1 aliphatic heterocycles. The SMILES string of the molecule is Cc1c(C(=O)N[C@@]2(C(=O)O)CCSC2)oc2ccc(Br)cc12. The molecule has 0 saturated carbocycles. The number of thioether (sulfide) groups is 1. The molecule has 7 heteroatoms. The van der Waals surface area contributed by atoms with Gasteiger partial charge in [-0.15, -0.1) is 0 Å². The highest BCUT2D eigenvalue weighted by Crippen LogP contribution is 2.31. The zero-order valence-electron chi connectivity index (χ0n) is 11.8. The van der Waals surface area contributed by atoms with Crippen molar-refractivity contribution in [3.63, 3.8) is 0 Å². The van der Waals surface area contributed by atoms with Crippen LogP contribution in [0.4, 0.5) is 0 Å². The van der Waals surface area contributed by atoms with E-state index in [1.807, 2.05) is 12.1 Å². The van der Waals surface area contributed by atoms with Crippen LogP contribution >= 0.6 is 27.7 Å². The van der Waals surface area contributed by atoms with Crippen LogP contribution in [0.5, 0.6) is 0 Å². The van der Waals surface area contributed by atoms with E-state index in [1.54, 1.807) is 13.0 Å². The number of carboxylic acids is 1. The zero-order valence-corrected chi connectivity index (χ0v) is 14.2. The van der Waals surface area contributed by atoms with Crippen molar-refractivity contribution in [2.45, 2.75) is 18.9 Å². The summed E-state index contributed by atoms with van der Waals surface area (Å²) in [5.41, 5.74) is 0.115. The van der Waals surface area contributed by atoms with Crippen molar-refractivity contribution in [2.24, 2.45) is 0 Å². The molecule has 0 bridgehead atoms. The topological polar surface area (TPSA) is 79.5 Å². The Balaban J connectivity index is 1.95. The van der Waals surface area contributed by atoms with E-state index in [4.69, 9.17) is 4.42 Å². The minimum Gasteiger partial charge on any atom is -0.479 e. The molecule has 1 saturated heterocycles. The number of aliphatic carboxylic acids is 1. The Morgan fingerprint density at radius 3 is 2.86 bits per heavy atom. The lowest BCUT2D eigenvalue weighted by Crippen LogP contribution is -2.54. The molecule has 1 aromatic heterocycles. The molecule has 0 radical (unpaired) electrons. The van der Waals surface area contributed by atoms with Crippen LogP contribution in [-0.4, -0.2) is 34.0 Å². The summed E-state index contributed by atoms with van der Waals surface area (Å²) in [6, 6.07) is 5.49. The molecule has 2 N–H and O–H groups in total. The molecular formula is C15H14BrNO4S. The predicted octanol–water partition coefficient (Wildman–Crippen LogP) is 3.19. The largest absolute Gasteiger partial charge is 0.479 e. The second kappa shape index (κ2) is 5.62. The Morgan fingerprint density at radius 1 is 1.45 bits per heavy atom. The second-order valence-electron chi connectivity index (χ2n) is 5.34. The van der Waals surface area contributed by atoms with E-state index in [9.17, 15) is 14.7 Å². The van der Waals surface area contributed by atoms with Gasteiger partial charge in [0.1, 0.15) is 11.1 Å². The van der Waals surface area contributed by atoms with Crippen LogP contribution in [0.3, 0.4) is 0 Å². The van der Waals surface area contributed by atoms with Gasteiger partial charge in [0.15, 0.2) is 5.76 Å². The molecule has 3 rings (SSSR count). The number of furan rings is 1. The van der Waals surface area contributed by atoms with E-state index in [-0.39, 0.29) is 5.76 Å². The first-order valence-corrected chi connectivity index (χ1v) is 8.70. The quantitative estimate of drug-likeness (QED) is 0.850. The molecule has 0 spiro atoms. The lowest BCUT2D eigenvalue weighted by Gasteiger charge is -2.24. The van der Waals surface area contributed by atoms with E-state index in [2.05, 4.69) is 21.2 Å². The Hall–Kier alpha value is -1.47. The van der Waals surface area contributed by atoms with Gasteiger partial charge in [-0.1, -0.05) is 15.9 Å². The molecule has 1 aromatic carbocycles. The summed E-state index contributed by atoms with van der Waals surface area (Å²) < 4.78 is 6.51. The fourth-order valence-corrected chi connectivity index (χ4v) is 4.26. The molecule has 22 heavy (non-hydrogen) atoms. The lowest BCUT2D eigenvalue weighted by atomic mass is 9.99. The predicted molar refractivity (Wildman–Crippen MR) is 88.4 cm³/mol. The maximum atomic E-state index is 12.5. The number of fused-ring (bicyclic) bond motifs is 1. The minimum atomic E-state index is -1.20. The average molecular weight is 384 g/mol. The highest BCUT2D eigenvalue weighted by molar-refractivity contribution is 9.10. The smallest absolute Gasteiger partial charge is 0.330 e. The first-order valence-electron chi connectivity index (χ1n) is 6.75. The van der Waals surface area contributed by atoms with E-state index in [0.717, 1.165) is 15.6 Å². The third-order valence-corrected chi connectivity index (χ3v) is 5.57. The number of halogens is 1. The third-order valence-electron chi connectivity index (χ3n) is 3.89. The van der Waals surface area contributed by atoms with Gasteiger partial charge in [0.2, 0.25) is 0 Å². The van der Waals surface area contributed by atoms with E-state index >= 15 is 0 Å². The van der Waals surface area contributed by atoms with Gasteiger partial charge < -0.3 is 14.8 Å². The number of rotatable bonds is 3. The highest BCUT2D eigenvalue weighted by Gasteiger charge is 2.44. The number of hydrogen-bond acceptors (Lipinski definition) is 4. The van der Waals surface area contributed by atoms with Crippen LogP contribution < -0.4 is 5.32 Å². The molecule has 1 fully saturated rings. The van der Waals surface area contributed by atoms with Crippen molar-refractivity contribution in [1.82, 2.24) is 5.32 Å². The van der Waals surface area contributed by atoms with Gasteiger partial charge >= 0.3 is 5.97 Å². The molecule has 5 nitrogen and oxygen atoms in total. The number of carbonyl (C=O) groups excluding carboxylic acids is 1. The minimum absolute atomic E-state index is 0.172. The molecule has 1 aliphatic rings. The van der Waals surface area contributed by atoms with Gasteiger partial charge in [-0.2, -0.15) is 11.8 Å². The molecular weight excluding hydrogens is 370 g/mol. The fraction of sp³-hybridized carbons (Fsp3) is 0.333. The number of aryl methyl sites for hydroxylation is 1. The van der Waals surface area contributed by atoms with Crippen molar-refractivity contribution < 1.29 is 19.1 Å². The van der Waals surface area contributed by atoms with Gasteiger partial charge in [-0.05, 0) is 37.3 Å². The first-order chi connectivity index (χ1) is 10.4. The molecule has 0 aliphatic carbocycles. The summed E-state index contributed by atoms with van der Waals surface area (Å²) in [7, 11) is 0. The molecule has 1 amide bonds. The van der Waals surface area contributed by atoms with Gasteiger partial charge in [0.05, 0.1) is 0 Å². The zero-order chi connectivity index (χ0) is 15.9. The molecule has 2 heterocycles. The van der Waals surface area contributed by atoms with E-state index < -0.39 is 17.4 Å². The van der Waals surface area contributed by atoms with Crippen molar-refractivity contribution in [3.05, 3.63) is 34.0 Å². The maximum Gasteiger partial charge on any atom is 0.330 e. The van der Waals surface area contributed by atoms with Gasteiger partial charge in [-0.25, -0.2) is 4.79 Å². The van der Waals surface area contributed by atoms with Crippen LogP contribution in [0.15, 0.2) is 27.1 Å². The number of nitrogens with one attached hydrogen (secondary N) is 1. The Bertz CT molecular complexity index is 764. The number of benzene rings is 1. The first kappa shape index (κ1) is 15.4. The molecule has 116 valence electrons. The summed E-state index contributed by atoms with van der Waals surface area (Å²) in [5.74, 6) is -0.208. The van der Waals surface area contributed by atoms with Crippen molar-refractivity contribution in [3.8, 4) is 0 Å². The fourth-order valence-electron chi connectivity index (χ4n) is 2.57. The number of hydrogen-bond donors (Lipinski definition) is 2. The Labute approximate surface area is 139 Å². The number of carboxylic acid groups (broad SMARTS) is 1. The monoisotopic (exact) mass is 383 g/mol. The second-order valence-corrected chi connectivity index (χ2v) is 7.36.